The summed E-state index contributed by atoms with van der Waals surface area (Å²) in [5, 5.41) is 0.0550. The summed E-state index contributed by atoms with van der Waals surface area (Å²) in [5.41, 5.74) is -0.295. The summed E-state index contributed by atoms with van der Waals surface area (Å²) in [5.74, 6) is 0. The van der Waals surface area contributed by atoms with Crippen LogP contribution in [-0.4, -0.2) is 4.98 Å². The maximum atomic E-state index is 12.0. The Kier molecular flexibility index (Phi) is 2.62. The third kappa shape index (κ3) is 2.01. The van der Waals surface area contributed by atoms with Crippen LogP contribution in [0.1, 0.15) is 12.0 Å². The second kappa shape index (κ2) is 3.32. The van der Waals surface area contributed by atoms with Crippen molar-refractivity contribution in [3.05, 3.63) is 28.0 Å². The van der Waals surface area contributed by atoms with E-state index >= 15 is 0 Å². The number of alkyl halides is 2. The molecule has 1 heterocycles. The number of aromatic nitrogens is 1. The maximum absolute atomic E-state index is 12.0. The van der Waals surface area contributed by atoms with Crippen molar-refractivity contribution in [2.45, 2.75) is 6.43 Å². The molecule has 0 saturated carbocycles. The Labute approximate surface area is 72.0 Å². The standard InChI is InChI=1S/C6H3Cl2F2N/c7-4-1-5(8)11-2-3(4)6(9)10/h1-2,6H. The molecule has 0 unspecified atom stereocenters. The molecule has 0 aliphatic rings. The van der Waals surface area contributed by atoms with Crippen molar-refractivity contribution in [3.63, 3.8) is 0 Å². The largest absolute Gasteiger partial charge is 0.266 e. The molecule has 0 bridgehead atoms. The number of halogens is 4. The second-order valence-corrected chi connectivity index (χ2v) is 2.62. The third-order valence-corrected chi connectivity index (χ3v) is 1.62. The molecule has 1 aromatic heterocycles. The van der Waals surface area contributed by atoms with Gasteiger partial charge in [0.05, 0.1) is 10.6 Å². The molecule has 0 atom stereocenters. The maximum Gasteiger partial charge on any atom is 0.266 e. The normalized spacial score (nSPS) is 10.6. The number of pyridine rings is 1. The van der Waals surface area contributed by atoms with Gasteiger partial charge >= 0.3 is 0 Å². The Morgan fingerprint density at radius 3 is 2.45 bits per heavy atom. The molecule has 60 valence electrons. The number of hydrogen-bond acceptors (Lipinski definition) is 1. The molecule has 0 aliphatic carbocycles. The first-order valence-corrected chi connectivity index (χ1v) is 3.46. The Hall–Kier alpha value is -0.410. The van der Waals surface area contributed by atoms with E-state index in [4.69, 9.17) is 23.2 Å². The zero-order valence-corrected chi connectivity index (χ0v) is 6.70. The SMILES string of the molecule is FC(F)c1cnc(Cl)cc1Cl. The third-order valence-electron chi connectivity index (χ3n) is 1.08. The van der Waals surface area contributed by atoms with Gasteiger partial charge in [0, 0.05) is 6.20 Å². The summed E-state index contributed by atoms with van der Waals surface area (Å²) in [6.45, 7) is 0. The molecule has 1 rings (SSSR count). The van der Waals surface area contributed by atoms with Gasteiger partial charge in [0.2, 0.25) is 0 Å². The van der Waals surface area contributed by atoms with E-state index in [0.717, 1.165) is 6.20 Å². The highest BCUT2D eigenvalue weighted by Gasteiger charge is 2.11. The van der Waals surface area contributed by atoms with Crippen molar-refractivity contribution in [1.82, 2.24) is 4.98 Å². The molecule has 0 amide bonds. The first kappa shape index (κ1) is 8.68. The summed E-state index contributed by atoms with van der Waals surface area (Å²) in [4.78, 5) is 3.46. The van der Waals surface area contributed by atoms with E-state index in [1.165, 1.54) is 6.07 Å². The van der Waals surface area contributed by atoms with Crippen molar-refractivity contribution in [2.24, 2.45) is 0 Å². The molecule has 1 nitrogen and oxygen atoms in total. The molecule has 0 spiro atoms. The van der Waals surface area contributed by atoms with Gasteiger partial charge in [-0.2, -0.15) is 0 Å². The van der Waals surface area contributed by atoms with Crippen LogP contribution in [0.2, 0.25) is 10.2 Å². The van der Waals surface area contributed by atoms with Crippen molar-refractivity contribution in [3.8, 4) is 0 Å². The molecule has 0 fully saturated rings. The topological polar surface area (TPSA) is 12.9 Å². The Bertz CT molecular complexity index is 265. The van der Waals surface area contributed by atoms with Crippen LogP contribution in [0.5, 0.6) is 0 Å². The van der Waals surface area contributed by atoms with Gasteiger partial charge in [0.15, 0.2) is 0 Å². The minimum absolute atomic E-state index is 0.0556. The number of hydrogen-bond donors (Lipinski definition) is 0. The lowest BCUT2D eigenvalue weighted by molar-refractivity contribution is 0.151. The van der Waals surface area contributed by atoms with Crippen molar-refractivity contribution < 1.29 is 8.78 Å². The summed E-state index contributed by atoms with van der Waals surface area (Å²) >= 11 is 10.8. The monoisotopic (exact) mass is 197 g/mol. The van der Waals surface area contributed by atoms with Crippen LogP contribution < -0.4 is 0 Å². The van der Waals surface area contributed by atoms with Crippen LogP contribution in [0.4, 0.5) is 8.78 Å². The lowest BCUT2D eigenvalue weighted by Gasteiger charge is -2.00. The quantitative estimate of drug-likeness (QED) is 0.630. The number of rotatable bonds is 1. The van der Waals surface area contributed by atoms with Gasteiger partial charge in [0.1, 0.15) is 5.15 Å². The van der Waals surface area contributed by atoms with E-state index in [-0.39, 0.29) is 15.7 Å². The molecular formula is C6H3Cl2F2N. The minimum atomic E-state index is -2.60. The smallest absolute Gasteiger partial charge is 0.244 e. The van der Waals surface area contributed by atoms with Crippen LogP contribution >= 0.6 is 23.2 Å². The fraction of sp³-hybridized carbons (Fsp3) is 0.167. The summed E-state index contributed by atoms with van der Waals surface area (Å²) < 4.78 is 24.0. The van der Waals surface area contributed by atoms with Crippen molar-refractivity contribution >= 4 is 23.2 Å². The van der Waals surface area contributed by atoms with E-state index in [1.807, 2.05) is 0 Å². The van der Waals surface area contributed by atoms with Crippen molar-refractivity contribution in [1.29, 1.82) is 0 Å². The molecule has 0 N–H and O–H groups in total. The highest BCUT2D eigenvalue weighted by atomic mass is 35.5. The zero-order chi connectivity index (χ0) is 8.43. The molecule has 0 aliphatic heterocycles. The average Bonchev–Trinajstić information content (AvgIpc) is 1.85. The fourth-order valence-corrected chi connectivity index (χ4v) is 1.03. The molecule has 5 heteroatoms. The van der Waals surface area contributed by atoms with Gasteiger partial charge in [-0.05, 0) is 6.07 Å². The van der Waals surface area contributed by atoms with Crippen LogP contribution in [0, 0.1) is 0 Å². The van der Waals surface area contributed by atoms with Gasteiger partial charge in [-0.1, -0.05) is 23.2 Å². The lowest BCUT2D eigenvalue weighted by atomic mass is 10.3. The molecule has 0 radical (unpaired) electrons. The van der Waals surface area contributed by atoms with Crippen molar-refractivity contribution in [2.75, 3.05) is 0 Å². The van der Waals surface area contributed by atoms with E-state index in [9.17, 15) is 8.78 Å². The van der Waals surface area contributed by atoms with Gasteiger partial charge in [-0.15, -0.1) is 0 Å². The zero-order valence-electron chi connectivity index (χ0n) is 5.19. The summed E-state index contributed by atoms with van der Waals surface area (Å²) in [6, 6.07) is 1.19. The molecule has 0 saturated heterocycles. The Morgan fingerprint density at radius 1 is 1.36 bits per heavy atom. The van der Waals surface area contributed by atoms with E-state index in [1.54, 1.807) is 0 Å². The number of nitrogens with zero attached hydrogens (tertiary/aromatic N) is 1. The van der Waals surface area contributed by atoms with Gasteiger partial charge in [0.25, 0.3) is 6.43 Å². The van der Waals surface area contributed by atoms with Gasteiger partial charge < -0.3 is 0 Å². The predicted octanol–water partition coefficient (Wildman–Crippen LogP) is 3.33. The molecule has 0 aromatic carbocycles. The molecule has 11 heavy (non-hydrogen) atoms. The fourth-order valence-electron chi connectivity index (χ4n) is 0.579. The van der Waals surface area contributed by atoms with E-state index in [0.29, 0.717) is 0 Å². The average molecular weight is 198 g/mol. The van der Waals surface area contributed by atoms with Crippen LogP contribution in [0.3, 0.4) is 0 Å². The second-order valence-electron chi connectivity index (χ2n) is 1.83. The Morgan fingerprint density at radius 2 is 2.00 bits per heavy atom. The van der Waals surface area contributed by atoms with Crippen LogP contribution in [0.15, 0.2) is 12.3 Å². The molecule has 1 aromatic rings. The lowest BCUT2D eigenvalue weighted by Crippen LogP contribution is -1.87. The van der Waals surface area contributed by atoms with Gasteiger partial charge in [-0.3, -0.25) is 0 Å². The van der Waals surface area contributed by atoms with E-state index in [2.05, 4.69) is 4.98 Å². The first-order chi connectivity index (χ1) is 5.11. The van der Waals surface area contributed by atoms with Crippen LogP contribution in [-0.2, 0) is 0 Å². The summed E-state index contributed by atoms with van der Waals surface area (Å²) in [6.07, 6.45) is -1.64. The minimum Gasteiger partial charge on any atom is -0.244 e. The van der Waals surface area contributed by atoms with Crippen LogP contribution in [0.25, 0.3) is 0 Å². The first-order valence-electron chi connectivity index (χ1n) is 2.70. The molecular weight excluding hydrogens is 195 g/mol. The summed E-state index contributed by atoms with van der Waals surface area (Å²) in [7, 11) is 0. The Balaban J connectivity index is 3.09. The van der Waals surface area contributed by atoms with Gasteiger partial charge in [-0.25, -0.2) is 13.8 Å². The highest BCUT2D eigenvalue weighted by Crippen LogP contribution is 2.27. The predicted molar refractivity (Wildman–Crippen MR) is 39.2 cm³/mol. The highest BCUT2D eigenvalue weighted by molar-refractivity contribution is 6.34. The van der Waals surface area contributed by atoms with E-state index < -0.39 is 6.43 Å².